The first-order valence-electron chi connectivity index (χ1n) is 11.0. The number of aromatic nitrogens is 2. The van der Waals surface area contributed by atoms with Gasteiger partial charge in [-0.2, -0.15) is 0 Å². The zero-order chi connectivity index (χ0) is 21.5. The normalized spacial score (nSPS) is 20.8. The minimum Gasteiger partial charge on any atom is -0.480 e. The number of ether oxygens (including phenoxy) is 1. The van der Waals surface area contributed by atoms with E-state index in [4.69, 9.17) is 14.8 Å². The lowest BCUT2D eigenvalue weighted by atomic mass is 9.81. The van der Waals surface area contributed by atoms with E-state index >= 15 is 0 Å². The van der Waals surface area contributed by atoms with Gasteiger partial charge in [-0.3, -0.25) is 9.88 Å². The van der Waals surface area contributed by atoms with Gasteiger partial charge >= 0.3 is 5.97 Å². The summed E-state index contributed by atoms with van der Waals surface area (Å²) in [5.41, 5.74) is 3.23. The van der Waals surface area contributed by atoms with Gasteiger partial charge in [0.2, 0.25) is 0 Å². The molecular weight excluding hydrogens is 390 g/mol. The molecule has 0 unspecified atom stereocenters. The second-order valence-electron chi connectivity index (χ2n) is 8.21. The summed E-state index contributed by atoms with van der Waals surface area (Å²) in [5.74, 6) is 0.724. The molecule has 0 bridgehead atoms. The Morgan fingerprint density at radius 2 is 1.90 bits per heavy atom. The Morgan fingerprint density at radius 3 is 2.61 bits per heavy atom. The van der Waals surface area contributed by atoms with Crippen LogP contribution in [0.5, 0.6) is 0 Å². The van der Waals surface area contributed by atoms with Gasteiger partial charge in [-0.15, -0.1) is 0 Å². The molecule has 2 aliphatic rings. The van der Waals surface area contributed by atoms with Gasteiger partial charge in [-0.1, -0.05) is 30.4 Å². The molecule has 2 aliphatic carbocycles. The van der Waals surface area contributed by atoms with Crippen LogP contribution in [0.4, 0.5) is 11.5 Å². The van der Waals surface area contributed by atoms with Crippen molar-refractivity contribution in [2.75, 3.05) is 18.1 Å². The summed E-state index contributed by atoms with van der Waals surface area (Å²) in [5, 5.41) is 8.73. The molecule has 0 amide bonds. The SMILES string of the molecule is O=C(O)COC[C@H]1CC[C@@H](c2cncc(N(C3=CCCC=C3)c3ccccc3)n2)CC1. The summed E-state index contributed by atoms with van der Waals surface area (Å²) < 4.78 is 5.30. The molecule has 4 rings (SSSR count). The monoisotopic (exact) mass is 419 g/mol. The minimum absolute atomic E-state index is 0.215. The van der Waals surface area contributed by atoms with Gasteiger partial charge in [-0.25, -0.2) is 9.78 Å². The molecule has 6 heteroatoms. The number of para-hydroxylation sites is 1. The van der Waals surface area contributed by atoms with E-state index < -0.39 is 5.97 Å². The van der Waals surface area contributed by atoms with Crippen LogP contribution in [0.25, 0.3) is 0 Å². The van der Waals surface area contributed by atoms with Gasteiger partial charge in [0.15, 0.2) is 5.82 Å². The molecule has 0 radical (unpaired) electrons. The number of carbonyl (C=O) groups is 1. The number of anilines is 2. The Bertz CT molecular complexity index is 934. The first kappa shape index (κ1) is 21.2. The quantitative estimate of drug-likeness (QED) is 0.632. The molecule has 162 valence electrons. The highest BCUT2D eigenvalue weighted by atomic mass is 16.5. The summed E-state index contributed by atoms with van der Waals surface area (Å²) in [4.78, 5) is 22.4. The van der Waals surface area contributed by atoms with Gasteiger partial charge in [0.05, 0.1) is 18.5 Å². The Kier molecular flexibility index (Phi) is 7.10. The standard InChI is InChI=1S/C25H29N3O3/c29-25(30)18-31-17-19-11-13-20(14-12-19)23-15-26-16-24(27-23)28(21-7-3-1-4-8-21)22-9-5-2-6-10-22/h1,3-5,7-10,15-16,19-20H,2,6,11-14,17-18H2,(H,29,30)/t19-,20+. The van der Waals surface area contributed by atoms with Crippen LogP contribution in [0.3, 0.4) is 0 Å². The predicted octanol–water partition coefficient (Wildman–Crippen LogP) is 5.22. The molecule has 1 aromatic heterocycles. The van der Waals surface area contributed by atoms with E-state index in [1.54, 1.807) is 0 Å². The van der Waals surface area contributed by atoms with Crippen LogP contribution in [-0.2, 0) is 9.53 Å². The molecule has 1 aromatic carbocycles. The van der Waals surface area contributed by atoms with Crippen molar-refractivity contribution in [1.29, 1.82) is 0 Å². The fourth-order valence-corrected chi connectivity index (χ4v) is 4.37. The molecule has 2 aromatic rings. The van der Waals surface area contributed by atoms with E-state index in [0.29, 0.717) is 18.4 Å². The third-order valence-corrected chi connectivity index (χ3v) is 5.96. The summed E-state index contributed by atoms with van der Waals surface area (Å²) in [7, 11) is 0. The summed E-state index contributed by atoms with van der Waals surface area (Å²) in [6.45, 7) is 0.306. The maximum absolute atomic E-state index is 10.6. The first-order chi connectivity index (χ1) is 15.2. The Labute approximate surface area is 183 Å². The lowest BCUT2D eigenvalue weighted by Gasteiger charge is -2.29. The van der Waals surface area contributed by atoms with E-state index in [2.05, 4.69) is 40.2 Å². The Hall–Kier alpha value is -2.99. The van der Waals surface area contributed by atoms with Crippen molar-refractivity contribution >= 4 is 17.5 Å². The average Bonchev–Trinajstić information content (AvgIpc) is 2.81. The van der Waals surface area contributed by atoms with Crippen molar-refractivity contribution < 1.29 is 14.6 Å². The Morgan fingerprint density at radius 1 is 1.10 bits per heavy atom. The number of aliphatic carboxylic acids is 1. The molecule has 6 nitrogen and oxygen atoms in total. The number of nitrogens with zero attached hydrogens (tertiary/aromatic N) is 3. The topological polar surface area (TPSA) is 75.6 Å². The number of carboxylic acids is 1. The van der Waals surface area contributed by atoms with Gasteiger partial charge < -0.3 is 9.84 Å². The molecule has 1 fully saturated rings. The number of hydrogen-bond acceptors (Lipinski definition) is 5. The molecule has 0 saturated heterocycles. The second-order valence-corrected chi connectivity index (χ2v) is 8.21. The molecule has 0 atom stereocenters. The zero-order valence-electron chi connectivity index (χ0n) is 17.7. The van der Waals surface area contributed by atoms with Gasteiger partial charge in [-0.05, 0) is 62.7 Å². The maximum Gasteiger partial charge on any atom is 0.329 e. The van der Waals surface area contributed by atoms with Gasteiger partial charge in [0, 0.05) is 23.5 Å². The van der Waals surface area contributed by atoms with Crippen molar-refractivity contribution in [1.82, 2.24) is 9.97 Å². The highest BCUT2D eigenvalue weighted by molar-refractivity contribution is 5.68. The van der Waals surface area contributed by atoms with Crippen LogP contribution >= 0.6 is 0 Å². The first-order valence-corrected chi connectivity index (χ1v) is 11.0. The molecular formula is C25H29N3O3. The van der Waals surface area contributed by atoms with E-state index in [1.807, 2.05) is 30.6 Å². The molecule has 1 heterocycles. The summed E-state index contributed by atoms with van der Waals surface area (Å²) >= 11 is 0. The van der Waals surface area contributed by atoms with Crippen LogP contribution < -0.4 is 4.90 Å². The molecule has 0 aliphatic heterocycles. The van der Waals surface area contributed by atoms with Crippen LogP contribution in [0.15, 0.2) is 66.7 Å². The molecule has 1 saturated carbocycles. The van der Waals surface area contributed by atoms with Crippen LogP contribution in [0.2, 0.25) is 0 Å². The fraction of sp³-hybridized carbons (Fsp3) is 0.400. The molecule has 1 N–H and O–H groups in total. The van der Waals surface area contributed by atoms with E-state index in [1.165, 1.54) is 0 Å². The third-order valence-electron chi connectivity index (χ3n) is 5.96. The summed E-state index contributed by atoms with van der Waals surface area (Å²) in [6.07, 6.45) is 16.5. The number of allylic oxidation sites excluding steroid dienone is 3. The van der Waals surface area contributed by atoms with E-state index in [0.717, 1.165) is 61.4 Å². The van der Waals surface area contributed by atoms with Gasteiger partial charge in [0.25, 0.3) is 0 Å². The lowest BCUT2D eigenvalue weighted by Crippen LogP contribution is -2.21. The van der Waals surface area contributed by atoms with Crippen molar-refractivity contribution in [3.8, 4) is 0 Å². The van der Waals surface area contributed by atoms with E-state index in [9.17, 15) is 4.79 Å². The molecule has 31 heavy (non-hydrogen) atoms. The lowest BCUT2D eigenvalue weighted by molar-refractivity contribution is -0.142. The fourth-order valence-electron chi connectivity index (χ4n) is 4.37. The number of hydrogen-bond donors (Lipinski definition) is 1. The van der Waals surface area contributed by atoms with Gasteiger partial charge in [0.1, 0.15) is 6.61 Å². The van der Waals surface area contributed by atoms with Crippen molar-refractivity contribution in [3.63, 3.8) is 0 Å². The summed E-state index contributed by atoms with van der Waals surface area (Å²) in [6, 6.07) is 10.3. The predicted molar refractivity (Wildman–Crippen MR) is 120 cm³/mol. The maximum atomic E-state index is 10.6. The van der Waals surface area contributed by atoms with Crippen LogP contribution in [-0.4, -0.2) is 34.3 Å². The third kappa shape index (κ3) is 5.58. The van der Waals surface area contributed by atoms with E-state index in [-0.39, 0.29) is 6.61 Å². The zero-order valence-corrected chi connectivity index (χ0v) is 17.7. The second kappa shape index (κ2) is 10.4. The molecule has 0 spiro atoms. The van der Waals surface area contributed by atoms with Crippen molar-refractivity contribution in [3.05, 3.63) is 72.3 Å². The average molecular weight is 420 g/mol. The Balaban J connectivity index is 1.49. The highest BCUT2D eigenvalue weighted by Gasteiger charge is 2.25. The minimum atomic E-state index is -0.910. The largest absolute Gasteiger partial charge is 0.480 e. The van der Waals surface area contributed by atoms with Crippen molar-refractivity contribution in [2.45, 2.75) is 44.4 Å². The highest BCUT2D eigenvalue weighted by Crippen LogP contribution is 2.37. The number of benzene rings is 1. The smallest absolute Gasteiger partial charge is 0.329 e. The number of carboxylic acid groups (broad SMARTS) is 1. The van der Waals surface area contributed by atoms with Crippen LogP contribution in [0.1, 0.15) is 50.1 Å². The van der Waals surface area contributed by atoms with Crippen molar-refractivity contribution in [2.24, 2.45) is 5.92 Å². The van der Waals surface area contributed by atoms with Crippen LogP contribution in [0, 0.1) is 5.92 Å². The number of rotatable bonds is 8.